The fourth-order valence-corrected chi connectivity index (χ4v) is 2.57. The van der Waals surface area contributed by atoms with Crippen molar-refractivity contribution in [2.75, 3.05) is 11.9 Å². The molecule has 1 rings (SSSR count). The van der Waals surface area contributed by atoms with Gasteiger partial charge >= 0.3 is 0 Å². The minimum absolute atomic E-state index is 0.0349. The number of halogens is 2. The van der Waals surface area contributed by atoms with E-state index in [1.54, 1.807) is 18.2 Å². The number of amides is 1. The van der Waals surface area contributed by atoms with E-state index in [0.717, 1.165) is 25.7 Å². The molecule has 0 aliphatic heterocycles. The molecule has 1 aromatic carbocycles. The summed E-state index contributed by atoms with van der Waals surface area (Å²) in [7, 11) is 0. The quantitative estimate of drug-likeness (QED) is 0.743. The van der Waals surface area contributed by atoms with Crippen LogP contribution in [0.2, 0.25) is 10.0 Å². The molecule has 0 spiro atoms. The second-order valence-electron chi connectivity index (χ2n) is 4.92. The van der Waals surface area contributed by atoms with Crippen molar-refractivity contribution in [1.82, 2.24) is 0 Å². The second-order valence-corrected chi connectivity index (χ2v) is 5.71. The summed E-state index contributed by atoms with van der Waals surface area (Å²) in [6, 6.07) is 5.20. The minimum Gasteiger partial charge on any atom is -0.330 e. The molecular weight excluding hydrogens is 295 g/mol. The van der Waals surface area contributed by atoms with Crippen LogP contribution in [0, 0.1) is 5.92 Å². The van der Waals surface area contributed by atoms with Gasteiger partial charge in [0.15, 0.2) is 0 Å². The van der Waals surface area contributed by atoms with Crippen LogP contribution in [-0.4, -0.2) is 12.5 Å². The number of anilines is 1. The lowest BCUT2D eigenvalue weighted by Gasteiger charge is -2.15. The first-order chi connectivity index (χ1) is 9.58. The van der Waals surface area contributed by atoms with E-state index in [4.69, 9.17) is 28.9 Å². The van der Waals surface area contributed by atoms with Crippen molar-refractivity contribution in [3.05, 3.63) is 28.2 Å². The molecule has 1 unspecified atom stereocenters. The monoisotopic (exact) mass is 316 g/mol. The Bertz CT molecular complexity index is 432. The standard InChI is InChI=1S/C15H22Cl2N2O/c1-2-4-11(9-10-18)7-8-14(20)19-13-6-3-5-12(16)15(13)17/h3,5-6,11H,2,4,7-10,18H2,1H3,(H,19,20). The van der Waals surface area contributed by atoms with Crippen LogP contribution >= 0.6 is 23.2 Å². The smallest absolute Gasteiger partial charge is 0.224 e. The number of hydrogen-bond donors (Lipinski definition) is 2. The lowest BCUT2D eigenvalue weighted by Crippen LogP contribution is -2.15. The Morgan fingerprint density at radius 3 is 2.70 bits per heavy atom. The van der Waals surface area contributed by atoms with Crippen molar-refractivity contribution in [2.24, 2.45) is 11.7 Å². The van der Waals surface area contributed by atoms with Gasteiger partial charge in [0.05, 0.1) is 15.7 Å². The van der Waals surface area contributed by atoms with Gasteiger partial charge in [-0.2, -0.15) is 0 Å². The summed E-state index contributed by atoms with van der Waals surface area (Å²) in [5, 5.41) is 3.63. The molecule has 3 nitrogen and oxygen atoms in total. The maximum Gasteiger partial charge on any atom is 0.224 e. The SMILES string of the molecule is CCCC(CCN)CCC(=O)Nc1cccc(Cl)c1Cl. The van der Waals surface area contributed by atoms with E-state index >= 15 is 0 Å². The van der Waals surface area contributed by atoms with Gasteiger partial charge in [-0.15, -0.1) is 0 Å². The summed E-state index contributed by atoms with van der Waals surface area (Å²) >= 11 is 11.9. The molecule has 1 amide bonds. The third-order valence-electron chi connectivity index (χ3n) is 3.28. The zero-order valence-corrected chi connectivity index (χ0v) is 13.3. The summed E-state index contributed by atoms with van der Waals surface area (Å²) in [4.78, 5) is 11.9. The largest absolute Gasteiger partial charge is 0.330 e. The van der Waals surface area contributed by atoms with Gasteiger partial charge in [0, 0.05) is 6.42 Å². The van der Waals surface area contributed by atoms with Gasteiger partial charge in [-0.25, -0.2) is 0 Å². The van der Waals surface area contributed by atoms with Crippen LogP contribution < -0.4 is 11.1 Å². The molecular formula is C15H22Cl2N2O. The van der Waals surface area contributed by atoms with Gasteiger partial charge in [0.1, 0.15) is 0 Å². The van der Waals surface area contributed by atoms with Crippen molar-refractivity contribution in [3.63, 3.8) is 0 Å². The Morgan fingerprint density at radius 1 is 1.30 bits per heavy atom. The number of nitrogens with one attached hydrogen (secondary N) is 1. The van der Waals surface area contributed by atoms with Crippen molar-refractivity contribution in [2.45, 2.75) is 39.0 Å². The van der Waals surface area contributed by atoms with E-state index < -0.39 is 0 Å². The molecule has 0 heterocycles. The summed E-state index contributed by atoms with van der Waals surface area (Å²) in [6.07, 6.45) is 4.54. The van der Waals surface area contributed by atoms with Crippen molar-refractivity contribution >= 4 is 34.8 Å². The Labute approximate surface area is 130 Å². The average molecular weight is 317 g/mol. The molecule has 0 aliphatic rings. The first-order valence-corrected chi connectivity index (χ1v) is 7.78. The molecule has 0 saturated heterocycles. The van der Waals surface area contributed by atoms with Crippen LogP contribution in [0.1, 0.15) is 39.0 Å². The summed E-state index contributed by atoms with van der Waals surface area (Å²) in [6.45, 7) is 2.82. The Hall–Kier alpha value is -0.770. The highest BCUT2D eigenvalue weighted by Crippen LogP contribution is 2.29. The van der Waals surface area contributed by atoms with Crippen LogP contribution in [0.5, 0.6) is 0 Å². The molecule has 1 aromatic rings. The van der Waals surface area contributed by atoms with Crippen LogP contribution in [-0.2, 0) is 4.79 Å². The molecule has 3 N–H and O–H groups in total. The molecule has 1 atom stereocenters. The summed E-state index contributed by atoms with van der Waals surface area (Å²) < 4.78 is 0. The lowest BCUT2D eigenvalue weighted by atomic mass is 9.94. The molecule has 0 aromatic heterocycles. The number of hydrogen-bond acceptors (Lipinski definition) is 2. The van der Waals surface area contributed by atoms with Crippen LogP contribution in [0.25, 0.3) is 0 Å². The highest BCUT2D eigenvalue weighted by molar-refractivity contribution is 6.43. The fraction of sp³-hybridized carbons (Fsp3) is 0.533. The molecule has 112 valence electrons. The van der Waals surface area contributed by atoms with Crippen molar-refractivity contribution in [3.8, 4) is 0 Å². The molecule has 20 heavy (non-hydrogen) atoms. The van der Waals surface area contributed by atoms with Gasteiger partial charge in [0.25, 0.3) is 0 Å². The minimum atomic E-state index is -0.0349. The van der Waals surface area contributed by atoms with Crippen molar-refractivity contribution in [1.29, 1.82) is 0 Å². The zero-order valence-electron chi connectivity index (χ0n) is 11.8. The van der Waals surface area contributed by atoms with Crippen molar-refractivity contribution < 1.29 is 4.79 Å². The first-order valence-electron chi connectivity index (χ1n) is 7.02. The van der Waals surface area contributed by atoms with E-state index in [1.807, 2.05) is 0 Å². The Balaban J connectivity index is 2.48. The number of nitrogens with two attached hydrogens (primary N) is 1. The molecule has 0 saturated carbocycles. The van der Waals surface area contributed by atoms with Gasteiger partial charge in [0.2, 0.25) is 5.91 Å². The summed E-state index contributed by atoms with van der Waals surface area (Å²) in [5.41, 5.74) is 6.16. The molecule has 0 aliphatic carbocycles. The highest BCUT2D eigenvalue weighted by atomic mass is 35.5. The number of rotatable bonds is 8. The highest BCUT2D eigenvalue weighted by Gasteiger charge is 2.12. The van der Waals surface area contributed by atoms with Crippen LogP contribution in [0.3, 0.4) is 0 Å². The number of benzene rings is 1. The van der Waals surface area contributed by atoms with E-state index in [-0.39, 0.29) is 5.91 Å². The van der Waals surface area contributed by atoms with E-state index in [0.29, 0.717) is 34.6 Å². The number of carbonyl (C=O) groups excluding carboxylic acids is 1. The molecule has 0 bridgehead atoms. The van der Waals surface area contributed by atoms with E-state index in [9.17, 15) is 4.79 Å². The van der Waals surface area contributed by atoms with Gasteiger partial charge in [-0.1, -0.05) is 49.0 Å². The second kappa shape index (κ2) is 9.22. The van der Waals surface area contributed by atoms with Crippen LogP contribution in [0.4, 0.5) is 5.69 Å². The maximum absolute atomic E-state index is 11.9. The number of carbonyl (C=O) groups is 1. The predicted molar refractivity (Wildman–Crippen MR) is 86.4 cm³/mol. The zero-order chi connectivity index (χ0) is 15.0. The molecule has 0 fully saturated rings. The summed E-state index contributed by atoms with van der Waals surface area (Å²) in [5.74, 6) is 0.484. The third kappa shape index (κ3) is 5.70. The lowest BCUT2D eigenvalue weighted by molar-refractivity contribution is -0.116. The Kier molecular flexibility index (Phi) is 7.97. The van der Waals surface area contributed by atoms with E-state index in [2.05, 4.69) is 12.2 Å². The topological polar surface area (TPSA) is 55.1 Å². The molecule has 0 radical (unpaired) electrons. The van der Waals surface area contributed by atoms with Gasteiger partial charge in [-0.3, -0.25) is 4.79 Å². The van der Waals surface area contributed by atoms with E-state index in [1.165, 1.54) is 0 Å². The normalized spacial score (nSPS) is 12.2. The average Bonchev–Trinajstić information content (AvgIpc) is 2.42. The molecule has 5 heteroatoms. The third-order valence-corrected chi connectivity index (χ3v) is 4.10. The predicted octanol–water partition coefficient (Wildman–Crippen LogP) is 4.48. The maximum atomic E-state index is 11.9. The van der Waals surface area contributed by atoms with Gasteiger partial charge < -0.3 is 11.1 Å². The Morgan fingerprint density at radius 2 is 2.05 bits per heavy atom. The first kappa shape index (κ1) is 17.3. The van der Waals surface area contributed by atoms with Crippen LogP contribution in [0.15, 0.2) is 18.2 Å². The van der Waals surface area contributed by atoms with Gasteiger partial charge in [-0.05, 0) is 37.4 Å². The fourth-order valence-electron chi connectivity index (χ4n) is 2.23.